The van der Waals surface area contributed by atoms with E-state index in [1.165, 1.54) is 6.07 Å². The Morgan fingerprint density at radius 3 is 2.32 bits per heavy atom. The fourth-order valence-electron chi connectivity index (χ4n) is 1.24. The molecule has 0 saturated heterocycles. The number of rotatable bonds is 3. The van der Waals surface area contributed by atoms with E-state index in [1.807, 2.05) is 0 Å². The minimum Gasteiger partial charge on any atom is -0.456 e. The topological polar surface area (TPSA) is 95.7 Å². The Morgan fingerprint density at radius 1 is 1.26 bits per heavy atom. The largest absolute Gasteiger partial charge is 0.488 e. The number of benzene rings is 1. The van der Waals surface area contributed by atoms with Crippen LogP contribution < -0.4 is 9.92 Å². The van der Waals surface area contributed by atoms with Crippen LogP contribution in [0.1, 0.15) is 31.1 Å². The zero-order chi connectivity index (χ0) is 14.8. The first-order valence-electron chi connectivity index (χ1n) is 5.24. The summed E-state index contributed by atoms with van der Waals surface area (Å²) in [7, 11) is -5.18. The predicted molar refractivity (Wildman–Crippen MR) is 66.7 cm³/mol. The highest BCUT2D eigenvalue weighted by Gasteiger charge is 2.20. The first-order chi connectivity index (χ1) is 8.46. The normalized spacial score (nSPS) is 12.0. The molecule has 0 spiro atoms. The van der Waals surface area contributed by atoms with E-state index in [2.05, 4.69) is 4.18 Å². The van der Waals surface area contributed by atoms with Crippen molar-refractivity contribution in [3.8, 4) is 5.75 Å². The number of nitrogens with two attached hydrogens (primary N) is 1. The summed E-state index contributed by atoms with van der Waals surface area (Å²) < 4.78 is 42.2. The van der Waals surface area contributed by atoms with Crippen molar-refractivity contribution < 1.29 is 26.0 Å². The van der Waals surface area contributed by atoms with E-state index >= 15 is 0 Å². The molecule has 1 aromatic rings. The highest BCUT2D eigenvalue weighted by molar-refractivity contribution is 7.81. The maximum absolute atomic E-state index is 12.4. The second-order valence-corrected chi connectivity index (χ2v) is 5.72. The highest BCUT2D eigenvalue weighted by Crippen LogP contribution is 2.22. The van der Waals surface area contributed by atoms with Gasteiger partial charge in [-0.2, -0.15) is 8.42 Å². The molecule has 0 radical (unpaired) electrons. The standard InChI is InChI=1S/C11H14FNO5S/c1-11(2,3)17-10(14)7-4-8(13)6-9(5-7)18-19(12,15)16/h4-6H,13H2,1-3H3. The van der Waals surface area contributed by atoms with Crippen molar-refractivity contribution in [1.82, 2.24) is 0 Å². The van der Waals surface area contributed by atoms with Crippen LogP contribution in [-0.4, -0.2) is 20.0 Å². The van der Waals surface area contributed by atoms with E-state index in [0.29, 0.717) is 0 Å². The summed E-state index contributed by atoms with van der Waals surface area (Å²) in [6.07, 6.45) is 0. The highest BCUT2D eigenvalue weighted by atomic mass is 32.3. The maximum atomic E-state index is 12.4. The van der Waals surface area contributed by atoms with Gasteiger partial charge in [-0.3, -0.25) is 0 Å². The van der Waals surface area contributed by atoms with E-state index < -0.39 is 27.8 Å². The average molecular weight is 291 g/mol. The van der Waals surface area contributed by atoms with E-state index in [1.54, 1.807) is 20.8 Å². The van der Waals surface area contributed by atoms with Gasteiger partial charge in [0, 0.05) is 11.8 Å². The first kappa shape index (κ1) is 15.2. The van der Waals surface area contributed by atoms with Gasteiger partial charge >= 0.3 is 16.5 Å². The molecule has 19 heavy (non-hydrogen) atoms. The Bertz CT molecular complexity index is 592. The number of ether oxygens (including phenoxy) is 1. The Balaban J connectivity index is 3.06. The van der Waals surface area contributed by atoms with Crippen LogP contribution in [0, 0.1) is 0 Å². The number of halogens is 1. The van der Waals surface area contributed by atoms with E-state index in [0.717, 1.165) is 12.1 Å². The van der Waals surface area contributed by atoms with Crippen molar-refractivity contribution in [3.05, 3.63) is 23.8 Å². The van der Waals surface area contributed by atoms with E-state index in [9.17, 15) is 17.1 Å². The lowest BCUT2D eigenvalue weighted by Crippen LogP contribution is -2.24. The second kappa shape index (κ2) is 5.04. The van der Waals surface area contributed by atoms with Gasteiger partial charge in [0.25, 0.3) is 0 Å². The second-order valence-electron chi connectivity index (χ2n) is 4.77. The third-order valence-electron chi connectivity index (χ3n) is 1.76. The first-order valence-corrected chi connectivity index (χ1v) is 6.55. The van der Waals surface area contributed by atoms with Crippen molar-refractivity contribution in [2.75, 3.05) is 5.73 Å². The summed E-state index contributed by atoms with van der Waals surface area (Å²) in [6, 6.07) is 3.37. The molecule has 106 valence electrons. The van der Waals surface area contributed by atoms with Crippen molar-refractivity contribution >= 4 is 22.2 Å². The Labute approximate surface area is 110 Å². The molecule has 0 atom stereocenters. The van der Waals surface area contributed by atoms with Crippen molar-refractivity contribution in [2.24, 2.45) is 0 Å². The van der Waals surface area contributed by atoms with Crippen LogP contribution in [0.4, 0.5) is 9.57 Å². The molecule has 0 bridgehead atoms. The predicted octanol–water partition coefficient (Wildman–Crippen LogP) is 1.82. The number of carbonyl (C=O) groups is 1. The number of anilines is 1. The molecule has 2 N–H and O–H groups in total. The summed E-state index contributed by atoms with van der Waals surface area (Å²) >= 11 is 0. The number of esters is 1. The quantitative estimate of drug-likeness (QED) is 0.518. The van der Waals surface area contributed by atoms with Crippen LogP contribution in [-0.2, 0) is 15.2 Å². The molecular weight excluding hydrogens is 277 g/mol. The summed E-state index contributed by atoms with van der Waals surface area (Å²) in [5, 5.41) is 0. The molecule has 1 aromatic carbocycles. The molecule has 0 fully saturated rings. The summed E-state index contributed by atoms with van der Waals surface area (Å²) in [5.41, 5.74) is 4.76. The summed E-state index contributed by atoms with van der Waals surface area (Å²) in [4.78, 5) is 11.8. The van der Waals surface area contributed by atoms with Gasteiger partial charge in [-0.25, -0.2) is 4.79 Å². The SMILES string of the molecule is CC(C)(C)OC(=O)c1cc(N)cc(OS(=O)(=O)F)c1. The molecule has 1 rings (SSSR count). The van der Waals surface area contributed by atoms with E-state index in [4.69, 9.17) is 10.5 Å². The molecule has 0 heterocycles. The molecule has 0 saturated carbocycles. The minimum atomic E-state index is -5.18. The van der Waals surface area contributed by atoms with Crippen LogP contribution in [0.15, 0.2) is 18.2 Å². The molecular formula is C11H14FNO5S. The van der Waals surface area contributed by atoms with Gasteiger partial charge in [-0.15, -0.1) is 0 Å². The van der Waals surface area contributed by atoms with Gasteiger partial charge in [0.2, 0.25) is 0 Å². The van der Waals surface area contributed by atoms with Gasteiger partial charge in [-0.1, -0.05) is 3.89 Å². The molecule has 0 unspecified atom stereocenters. The lowest BCUT2D eigenvalue weighted by atomic mass is 10.1. The summed E-state index contributed by atoms with van der Waals surface area (Å²) in [6.45, 7) is 5.00. The van der Waals surface area contributed by atoms with Crippen LogP contribution in [0.2, 0.25) is 0 Å². The van der Waals surface area contributed by atoms with Crippen molar-refractivity contribution in [3.63, 3.8) is 0 Å². The maximum Gasteiger partial charge on any atom is 0.488 e. The minimum absolute atomic E-state index is 0.0337. The third-order valence-corrected chi connectivity index (χ3v) is 2.15. The van der Waals surface area contributed by atoms with Crippen LogP contribution in [0.25, 0.3) is 0 Å². The molecule has 0 amide bonds. The molecule has 0 aliphatic rings. The zero-order valence-electron chi connectivity index (χ0n) is 10.6. The number of hydrogen-bond donors (Lipinski definition) is 1. The Hall–Kier alpha value is -1.83. The lowest BCUT2D eigenvalue weighted by Gasteiger charge is -2.19. The monoisotopic (exact) mass is 291 g/mol. The fourth-order valence-corrected chi connectivity index (χ4v) is 1.57. The number of hydrogen-bond acceptors (Lipinski definition) is 6. The van der Waals surface area contributed by atoms with Gasteiger partial charge in [0.1, 0.15) is 11.4 Å². The van der Waals surface area contributed by atoms with Gasteiger partial charge in [0.05, 0.1) is 5.56 Å². The van der Waals surface area contributed by atoms with Crippen LogP contribution >= 0.6 is 0 Å². The van der Waals surface area contributed by atoms with Crippen LogP contribution in [0.5, 0.6) is 5.75 Å². The molecule has 0 aromatic heterocycles. The van der Waals surface area contributed by atoms with Crippen molar-refractivity contribution in [2.45, 2.75) is 26.4 Å². The van der Waals surface area contributed by atoms with Gasteiger partial charge < -0.3 is 14.7 Å². The number of nitrogen functional groups attached to an aromatic ring is 1. The molecule has 6 nitrogen and oxygen atoms in total. The van der Waals surface area contributed by atoms with Crippen LogP contribution in [0.3, 0.4) is 0 Å². The smallest absolute Gasteiger partial charge is 0.456 e. The third kappa shape index (κ3) is 5.56. The van der Waals surface area contributed by atoms with Crippen molar-refractivity contribution in [1.29, 1.82) is 0 Å². The van der Waals surface area contributed by atoms with Gasteiger partial charge in [0.15, 0.2) is 0 Å². The molecule has 8 heteroatoms. The van der Waals surface area contributed by atoms with Gasteiger partial charge in [-0.05, 0) is 32.9 Å². The lowest BCUT2D eigenvalue weighted by molar-refractivity contribution is 0.00692. The molecule has 0 aliphatic heterocycles. The number of carbonyl (C=O) groups excluding carboxylic acids is 1. The molecule has 0 aliphatic carbocycles. The zero-order valence-corrected chi connectivity index (χ0v) is 11.5. The average Bonchev–Trinajstić information content (AvgIpc) is 2.10. The Kier molecular flexibility index (Phi) is 4.04. The fraction of sp³-hybridized carbons (Fsp3) is 0.364. The summed E-state index contributed by atoms with van der Waals surface area (Å²) in [5.74, 6) is -1.12. The van der Waals surface area contributed by atoms with E-state index in [-0.39, 0.29) is 11.3 Å². The Morgan fingerprint density at radius 2 is 1.84 bits per heavy atom.